The van der Waals surface area contributed by atoms with Gasteiger partial charge in [-0.2, -0.15) is 0 Å². The number of amides is 1. The van der Waals surface area contributed by atoms with Crippen LogP contribution in [0.25, 0.3) is 0 Å². The minimum absolute atomic E-state index is 0.397. The fourth-order valence-corrected chi connectivity index (χ4v) is 5.07. The first-order chi connectivity index (χ1) is 17.9. The van der Waals surface area contributed by atoms with Crippen molar-refractivity contribution in [2.24, 2.45) is 0 Å². The molecule has 1 heterocycles. The summed E-state index contributed by atoms with van der Waals surface area (Å²) >= 11 is 3.50. The average Bonchev–Trinajstić information content (AvgIpc) is 3.43. The Labute approximate surface area is 225 Å². The second kappa shape index (κ2) is 12.3. The van der Waals surface area contributed by atoms with E-state index in [1.807, 2.05) is 83.8 Å². The van der Waals surface area contributed by atoms with Crippen LogP contribution >= 0.6 is 15.9 Å². The van der Waals surface area contributed by atoms with Crippen molar-refractivity contribution in [1.29, 1.82) is 0 Å². The van der Waals surface area contributed by atoms with E-state index in [4.69, 9.17) is 9.47 Å². The Morgan fingerprint density at radius 1 is 1.03 bits per heavy atom. The van der Waals surface area contributed by atoms with Gasteiger partial charge < -0.3 is 24.4 Å². The van der Waals surface area contributed by atoms with Crippen LogP contribution in [0.4, 0.5) is 5.69 Å². The molecule has 1 fully saturated rings. The molecule has 0 aromatic heterocycles. The maximum Gasteiger partial charge on any atom is 0.328 e. The number of likely N-dealkylation sites (tertiary alicyclic amines) is 1. The van der Waals surface area contributed by atoms with Gasteiger partial charge in [0, 0.05) is 23.2 Å². The number of carbonyl (C=O) groups excluding carboxylic acids is 2. The third-order valence-electron chi connectivity index (χ3n) is 6.71. The molecule has 8 heteroatoms. The SMILES string of the molecule is COC(=O)[C@@H]1CCCN1C(=O)[C@H](O)[C@@H](c1ccccc1)N(Cc1ccc(OC)cc1)c1ccc(Br)cc1. The second-order valence-electron chi connectivity index (χ2n) is 8.97. The molecule has 0 unspecified atom stereocenters. The van der Waals surface area contributed by atoms with Crippen molar-refractivity contribution >= 4 is 33.5 Å². The number of hydrogen-bond donors (Lipinski definition) is 1. The summed E-state index contributed by atoms with van der Waals surface area (Å²) < 4.78 is 11.2. The number of hydrogen-bond acceptors (Lipinski definition) is 6. The van der Waals surface area contributed by atoms with Gasteiger partial charge in [0.2, 0.25) is 0 Å². The zero-order chi connectivity index (χ0) is 26.4. The summed E-state index contributed by atoms with van der Waals surface area (Å²) in [5.41, 5.74) is 2.61. The highest BCUT2D eigenvalue weighted by molar-refractivity contribution is 9.10. The van der Waals surface area contributed by atoms with E-state index in [0.29, 0.717) is 25.9 Å². The van der Waals surface area contributed by atoms with E-state index in [-0.39, 0.29) is 0 Å². The molecule has 0 radical (unpaired) electrons. The lowest BCUT2D eigenvalue weighted by Gasteiger charge is -2.38. The molecule has 37 heavy (non-hydrogen) atoms. The number of benzene rings is 3. The zero-order valence-electron chi connectivity index (χ0n) is 20.9. The topological polar surface area (TPSA) is 79.3 Å². The summed E-state index contributed by atoms with van der Waals surface area (Å²) in [7, 11) is 2.94. The van der Waals surface area contributed by atoms with Gasteiger partial charge in [-0.1, -0.05) is 58.4 Å². The van der Waals surface area contributed by atoms with Crippen molar-refractivity contribution in [3.63, 3.8) is 0 Å². The number of rotatable bonds is 9. The van der Waals surface area contributed by atoms with Crippen molar-refractivity contribution in [1.82, 2.24) is 4.90 Å². The van der Waals surface area contributed by atoms with Crippen molar-refractivity contribution in [3.8, 4) is 5.75 Å². The third kappa shape index (κ3) is 6.14. The van der Waals surface area contributed by atoms with Crippen LogP contribution in [-0.2, 0) is 20.9 Å². The highest BCUT2D eigenvalue weighted by Crippen LogP contribution is 2.34. The summed E-state index contributed by atoms with van der Waals surface area (Å²) in [5.74, 6) is -0.201. The first kappa shape index (κ1) is 26.7. The maximum atomic E-state index is 13.7. The minimum Gasteiger partial charge on any atom is -0.497 e. The number of halogens is 1. The largest absolute Gasteiger partial charge is 0.497 e. The summed E-state index contributed by atoms with van der Waals surface area (Å²) in [5, 5.41) is 11.7. The Morgan fingerprint density at radius 3 is 2.32 bits per heavy atom. The Morgan fingerprint density at radius 2 is 1.70 bits per heavy atom. The van der Waals surface area contributed by atoms with Crippen LogP contribution in [0.2, 0.25) is 0 Å². The van der Waals surface area contributed by atoms with Gasteiger partial charge in [-0.15, -0.1) is 0 Å². The first-order valence-electron chi connectivity index (χ1n) is 12.2. The van der Waals surface area contributed by atoms with Gasteiger partial charge in [0.25, 0.3) is 5.91 Å². The van der Waals surface area contributed by atoms with E-state index in [1.165, 1.54) is 12.0 Å². The highest BCUT2D eigenvalue weighted by Gasteiger charge is 2.41. The summed E-state index contributed by atoms with van der Waals surface area (Å²) in [4.78, 5) is 29.6. The van der Waals surface area contributed by atoms with Gasteiger partial charge in [0.1, 0.15) is 11.8 Å². The normalized spacial score (nSPS) is 16.6. The van der Waals surface area contributed by atoms with Gasteiger partial charge in [0.15, 0.2) is 6.10 Å². The van der Waals surface area contributed by atoms with Crippen LogP contribution in [0.3, 0.4) is 0 Å². The monoisotopic (exact) mass is 566 g/mol. The van der Waals surface area contributed by atoms with E-state index in [9.17, 15) is 14.7 Å². The summed E-state index contributed by atoms with van der Waals surface area (Å²) in [6, 6.07) is 23.6. The Kier molecular flexibility index (Phi) is 8.84. The van der Waals surface area contributed by atoms with E-state index >= 15 is 0 Å². The number of ether oxygens (including phenoxy) is 2. The van der Waals surface area contributed by atoms with Crippen molar-refractivity contribution in [2.45, 2.75) is 37.6 Å². The first-order valence-corrected chi connectivity index (χ1v) is 13.0. The number of carbonyl (C=O) groups is 2. The number of nitrogens with zero attached hydrogens (tertiary/aromatic N) is 2. The van der Waals surface area contributed by atoms with E-state index < -0.39 is 30.1 Å². The molecule has 3 aromatic rings. The van der Waals surface area contributed by atoms with E-state index in [1.54, 1.807) is 7.11 Å². The Hall–Kier alpha value is -3.36. The van der Waals surface area contributed by atoms with Crippen molar-refractivity contribution in [3.05, 3.63) is 94.5 Å². The smallest absolute Gasteiger partial charge is 0.328 e. The lowest BCUT2D eigenvalue weighted by Crippen LogP contribution is -2.50. The number of aliphatic hydroxyl groups is 1. The summed E-state index contributed by atoms with van der Waals surface area (Å²) in [6.07, 6.45) is -0.227. The van der Waals surface area contributed by atoms with Crippen LogP contribution in [0, 0.1) is 0 Å². The van der Waals surface area contributed by atoms with Crippen molar-refractivity contribution < 1.29 is 24.2 Å². The number of aliphatic hydroxyl groups excluding tert-OH is 1. The fraction of sp³-hybridized carbons (Fsp3) is 0.310. The van der Waals surface area contributed by atoms with E-state index in [0.717, 1.165) is 27.0 Å². The lowest BCUT2D eigenvalue weighted by atomic mass is 9.96. The molecule has 0 spiro atoms. The molecule has 1 aliphatic rings. The number of anilines is 1. The number of esters is 1. The van der Waals surface area contributed by atoms with Crippen LogP contribution in [0.5, 0.6) is 5.75 Å². The molecule has 0 saturated carbocycles. The molecule has 3 aromatic carbocycles. The van der Waals surface area contributed by atoms with Gasteiger partial charge in [-0.25, -0.2) is 4.79 Å². The standard InChI is InChI=1S/C29H31BrN2O5/c1-36-24-16-10-20(11-17-24)19-32(23-14-12-22(30)13-15-23)26(21-7-4-3-5-8-21)27(33)28(34)31-18-6-9-25(31)29(35)37-2/h3-5,7-8,10-17,25-27,33H,6,9,18-19H2,1-2H3/t25-,26+,27+/m0/s1. The molecule has 0 bridgehead atoms. The quantitative estimate of drug-likeness (QED) is 0.377. The molecular weight excluding hydrogens is 536 g/mol. The van der Waals surface area contributed by atoms with Crippen LogP contribution in [0.1, 0.15) is 30.0 Å². The predicted molar refractivity (Wildman–Crippen MR) is 145 cm³/mol. The third-order valence-corrected chi connectivity index (χ3v) is 7.24. The second-order valence-corrected chi connectivity index (χ2v) is 9.88. The lowest BCUT2D eigenvalue weighted by molar-refractivity contribution is -0.154. The molecule has 1 amide bonds. The predicted octanol–water partition coefficient (Wildman–Crippen LogP) is 4.73. The molecule has 194 valence electrons. The molecule has 3 atom stereocenters. The van der Waals surface area contributed by atoms with Gasteiger partial charge in [-0.05, 0) is 60.4 Å². The van der Waals surface area contributed by atoms with Gasteiger partial charge in [-0.3, -0.25) is 4.79 Å². The molecular formula is C29H31BrN2O5. The Balaban J connectivity index is 1.75. The molecule has 1 saturated heterocycles. The van der Waals surface area contributed by atoms with Crippen LogP contribution in [0.15, 0.2) is 83.3 Å². The van der Waals surface area contributed by atoms with E-state index in [2.05, 4.69) is 15.9 Å². The van der Waals surface area contributed by atoms with Crippen LogP contribution < -0.4 is 9.64 Å². The molecule has 1 aliphatic heterocycles. The fourth-order valence-electron chi connectivity index (χ4n) is 4.81. The minimum atomic E-state index is -1.42. The average molecular weight is 567 g/mol. The van der Waals surface area contributed by atoms with Crippen LogP contribution in [-0.4, -0.2) is 54.8 Å². The summed E-state index contributed by atoms with van der Waals surface area (Å²) in [6.45, 7) is 0.823. The molecule has 7 nitrogen and oxygen atoms in total. The van der Waals surface area contributed by atoms with Gasteiger partial charge in [0.05, 0.1) is 20.3 Å². The Bertz CT molecular complexity index is 1190. The zero-order valence-corrected chi connectivity index (χ0v) is 22.5. The van der Waals surface area contributed by atoms with Crippen molar-refractivity contribution in [2.75, 3.05) is 25.7 Å². The molecule has 0 aliphatic carbocycles. The van der Waals surface area contributed by atoms with Gasteiger partial charge >= 0.3 is 5.97 Å². The molecule has 4 rings (SSSR count). The highest BCUT2D eigenvalue weighted by atomic mass is 79.9. The molecule has 1 N–H and O–H groups in total. The number of methoxy groups -OCH3 is 2. The maximum absolute atomic E-state index is 13.7.